The van der Waals surface area contributed by atoms with Crippen molar-refractivity contribution in [3.8, 4) is 0 Å². The third-order valence-electron chi connectivity index (χ3n) is 4.45. The molecule has 2 fully saturated rings. The van der Waals surface area contributed by atoms with Crippen molar-refractivity contribution >= 4 is 17.6 Å². The number of ether oxygens (including phenoxy) is 1. The summed E-state index contributed by atoms with van der Waals surface area (Å²) in [6.07, 6.45) is 2.84. The van der Waals surface area contributed by atoms with Gasteiger partial charge in [0.1, 0.15) is 11.4 Å². The van der Waals surface area contributed by atoms with Gasteiger partial charge in [-0.1, -0.05) is 0 Å². The van der Waals surface area contributed by atoms with Crippen LogP contribution in [-0.4, -0.2) is 50.6 Å². The molecular formula is C17H24N6O2. The minimum atomic E-state index is -0.484. The molecule has 2 aromatic heterocycles. The highest BCUT2D eigenvalue weighted by molar-refractivity contribution is 5.68. The SMILES string of the molecule is CC(C)(C)OC(=O)NC1CCN(c2ccc3nnc(C4CC4)n3n2)C1. The van der Waals surface area contributed by atoms with Crippen molar-refractivity contribution in [2.75, 3.05) is 18.0 Å². The second kappa shape index (κ2) is 5.86. The number of nitrogens with zero attached hydrogens (tertiary/aromatic N) is 5. The number of aromatic nitrogens is 4. The predicted octanol–water partition coefficient (Wildman–Crippen LogP) is 2.11. The molecule has 2 aromatic rings. The van der Waals surface area contributed by atoms with Crippen molar-refractivity contribution in [2.24, 2.45) is 0 Å². The lowest BCUT2D eigenvalue weighted by atomic mass is 10.2. The summed E-state index contributed by atoms with van der Waals surface area (Å²) >= 11 is 0. The van der Waals surface area contributed by atoms with Crippen LogP contribution in [0.4, 0.5) is 10.6 Å². The molecule has 0 spiro atoms. The van der Waals surface area contributed by atoms with E-state index in [2.05, 4.69) is 20.4 Å². The van der Waals surface area contributed by atoms with E-state index in [9.17, 15) is 4.79 Å². The van der Waals surface area contributed by atoms with Crippen LogP contribution < -0.4 is 10.2 Å². The van der Waals surface area contributed by atoms with Gasteiger partial charge in [-0.2, -0.15) is 4.52 Å². The van der Waals surface area contributed by atoms with Gasteiger partial charge in [0.15, 0.2) is 11.5 Å². The summed E-state index contributed by atoms with van der Waals surface area (Å²) in [5, 5.41) is 16.1. The lowest BCUT2D eigenvalue weighted by molar-refractivity contribution is 0.0509. The standard InChI is InChI=1S/C17H24N6O2/c1-17(2,3)25-16(24)18-12-8-9-22(10-12)14-7-6-13-19-20-15(11-4-5-11)23(13)21-14/h6-7,11-12H,4-5,8-10H2,1-3H3,(H,18,24). The molecule has 4 rings (SSSR count). The molecule has 0 radical (unpaired) electrons. The first-order valence-corrected chi connectivity index (χ1v) is 8.86. The summed E-state index contributed by atoms with van der Waals surface area (Å²) in [7, 11) is 0. The predicted molar refractivity (Wildman–Crippen MR) is 92.7 cm³/mol. The van der Waals surface area contributed by atoms with Crippen LogP contribution in [0.2, 0.25) is 0 Å². The van der Waals surface area contributed by atoms with Gasteiger partial charge in [-0.3, -0.25) is 0 Å². The summed E-state index contributed by atoms with van der Waals surface area (Å²) in [6, 6.07) is 3.99. The Bertz CT molecular complexity index is 792. The highest BCUT2D eigenvalue weighted by Gasteiger charge is 2.30. The molecular weight excluding hydrogens is 320 g/mol. The summed E-state index contributed by atoms with van der Waals surface area (Å²) in [5.74, 6) is 2.35. The van der Waals surface area contributed by atoms with Crippen molar-refractivity contribution in [2.45, 2.75) is 57.6 Å². The molecule has 8 heteroatoms. The first kappa shape index (κ1) is 16.1. The Morgan fingerprint density at radius 3 is 2.76 bits per heavy atom. The number of anilines is 1. The van der Waals surface area contributed by atoms with E-state index in [-0.39, 0.29) is 12.1 Å². The third kappa shape index (κ3) is 3.52. The van der Waals surface area contributed by atoms with Crippen LogP contribution in [0.5, 0.6) is 0 Å². The quantitative estimate of drug-likeness (QED) is 0.918. The van der Waals surface area contributed by atoms with E-state index < -0.39 is 5.60 Å². The van der Waals surface area contributed by atoms with Crippen LogP contribution in [0, 0.1) is 0 Å². The number of amides is 1. The zero-order valence-electron chi connectivity index (χ0n) is 14.9. The van der Waals surface area contributed by atoms with Crippen molar-refractivity contribution in [1.82, 2.24) is 25.1 Å². The second-order valence-corrected chi connectivity index (χ2v) is 7.87. The molecule has 1 unspecified atom stereocenters. The molecule has 1 amide bonds. The fraction of sp³-hybridized carbons (Fsp3) is 0.647. The lowest BCUT2D eigenvalue weighted by Crippen LogP contribution is -2.40. The molecule has 25 heavy (non-hydrogen) atoms. The smallest absolute Gasteiger partial charge is 0.407 e. The molecule has 0 bridgehead atoms. The number of hydrogen-bond donors (Lipinski definition) is 1. The summed E-state index contributed by atoms with van der Waals surface area (Å²) in [6.45, 7) is 7.16. The third-order valence-corrected chi connectivity index (χ3v) is 4.45. The Morgan fingerprint density at radius 1 is 1.24 bits per heavy atom. The van der Waals surface area contributed by atoms with Crippen LogP contribution in [0.1, 0.15) is 51.8 Å². The van der Waals surface area contributed by atoms with Gasteiger partial charge in [0.05, 0.1) is 6.04 Å². The number of alkyl carbamates (subject to hydrolysis) is 1. The van der Waals surface area contributed by atoms with Crippen LogP contribution >= 0.6 is 0 Å². The first-order valence-electron chi connectivity index (χ1n) is 8.86. The number of fused-ring (bicyclic) bond motifs is 1. The topological polar surface area (TPSA) is 84.6 Å². The van der Waals surface area contributed by atoms with Gasteiger partial charge >= 0.3 is 6.09 Å². The summed E-state index contributed by atoms with van der Waals surface area (Å²) in [5.41, 5.74) is 0.302. The number of hydrogen-bond acceptors (Lipinski definition) is 6. The normalized spacial score (nSPS) is 20.9. The van der Waals surface area contributed by atoms with E-state index >= 15 is 0 Å². The lowest BCUT2D eigenvalue weighted by Gasteiger charge is -2.22. The zero-order valence-corrected chi connectivity index (χ0v) is 14.9. The van der Waals surface area contributed by atoms with E-state index in [4.69, 9.17) is 9.84 Å². The van der Waals surface area contributed by atoms with Crippen LogP contribution in [0.15, 0.2) is 12.1 Å². The number of carbonyl (C=O) groups is 1. The summed E-state index contributed by atoms with van der Waals surface area (Å²) in [4.78, 5) is 14.1. The fourth-order valence-electron chi connectivity index (χ4n) is 3.12. The number of nitrogens with one attached hydrogen (secondary N) is 1. The van der Waals surface area contributed by atoms with E-state index in [0.717, 1.165) is 49.6 Å². The Hall–Kier alpha value is -2.38. The monoisotopic (exact) mass is 344 g/mol. The maximum Gasteiger partial charge on any atom is 0.407 e. The molecule has 1 saturated heterocycles. The minimum absolute atomic E-state index is 0.0659. The van der Waals surface area contributed by atoms with E-state index in [0.29, 0.717) is 5.92 Å². The largest absolute Gasteiger partial charge is 0.444 e. The maximum absolute atomic E-state index is 11.9. The molecule has 0 aromatic carbocycles. The molecule has 8 nitrogen and oxygen atoms in total. The Morgan fingerprint density at radius 2 is 2.04 bits per heavy atom. The molecule has 1 atom stereocenters. The van der Waals surface area contributed by atoms with Crippen molar-refractivity contribution in [3.63, 3.8) is 0 Å². The van der Waals surface area contributed by atoms with E-state index in [1.54, 1.807) is 0 Å². The van der Waals surface area contributed by atoms with Crippen molar-refractivity contribution < 1.29 is 9.53 Å². The Labute approximate surface area is 146 Å². The van der Waals surface area contributed by atoms with Gasteiger partial charge in [0.25, 0.3) is 0 Å². The number of rotatable bonds is 3. The second-order valence-electron chi connectivity index (χ2n) is 7.87. The highest BCUT2D eigenvalue weighted by atomic mass is 16.6. The van der Waals surface area contributed by atoms with Gasteiger partial charge in [0, 0.05) is 19.0 Å². The maximum atomic E-state index is 11.9. The van der Waals surface area contributed by atoms with Crippen LogP contribution in [-0.2, 0) is 4.74 Å². The molecule has 134 valence electrons. The van der Waals surface area contributed by atoms with Gasteiger partial charge < -0.3 is 15.0 Å². The van der Waals surface area contributed by atoms with Crippen LogP contribution in [0.3, 0.4) is 0 Å². The molecule has 1 N–H and O–H groups in total. The first-order chi connectivity index (χ1) is 11.9. The fourth-order valence-corrected chi connectivity index (χ4v) is 3.12. The highest BCUT2D eigenvalue weighted by Crippen LogP contribution is 2.38. The minimum Gasteiger partial charge on any atom is -0.444 e. The Kier molecular flexibility index (Phi) is 3.77. The molecule has 3 heterocycles. The van der Waals surface area contributed by atoms with E-state index in [1.807, 2.05) is 37.4 Å². The molecule has 1 aliphatic carbocycles. The Balaban J connectivity index is 1.44. The number of carbonyl (C=O) groups excluding carboxylic acids is 1. The molecule has 1 aliphatic heterocycles. The molecule has 2 aliphatic rings. The average molecular weight is 344 g/mol. The summed E-state index contributed by atoms with van der Waals surface area (Å²) < 4.78 is 7.19. The van der Waals surface area contributed by atoms with Gasteiger partial charge in [-0.15, -0.1) is 15.3 Å². The van der Waals surface area contributed by atoms with Gasteiger partial charge in [-0.05, 0) is 52.2 Å². The average Bonchev–Trinajstić information content (AvgIpc) is 3.11. The zero-order chi connectivity index (χ0) is 17.6. The van der Waals surface area contributed by atoms with Crippen molar-refractivity contribution in [3.05, 3.63) is 18.0 Å². The molecule has 1 saturated carbocycles. The van der Waals surface area contributed by atoms with E-state index in [1.165, 1.54) is 0 Å². The van der Waals surface area contributed by atoms with Gasteiger partial charge in [-0.25, -0.2) is 4.79 Å². The van der Waals surface area contributed by atoms with Gasteiger partial charge in [0.2, 0.25) is 0 Å². The van der Waals surface area contributed by atoms with Crippen LogP contribution in [0.25, 0.3) is 5.65 Å². The van der Waals surface area contributed by atoms with Crippen molar-refractivity contribution in [1.29, 1.82) is 0 Å².